The van der Waals surface area contributed by atoms with Crippen LogP contribution in [-0.2, 0) is 23.6 Å². The summed E-state index contributed by atoms with van der Waals surface area (Å²) in [6, 6.07) is 5.07. The number of aromatic nitrogens is 3. The second-order valence-corrected chi connectivity index (χ2v) is 6.30. The van der Waals surface area contributed by atoms with E-state index in [1.54, 1.807) is 13.1 Å². The fourth-order valence-electron chi connectivity index (χ4n) is 1.74. The highest BCUT2D eigenvalue weighted by molar-refractivity contribution is 7.89. The molecule has 2 aromatic rings. The Bertz CT molecular complexity index is 809. The number of rotatable bonds is 4. The molecular formula is C12H12FN5O2S. The molecule has 0 amide bonds. The third kappa shape index (κ3) is 2.76. The quantitative estimate of drug-likeness (QED) is 0.826. The molecule has 110 valence electrons. The molecule has 9 heteroatoms. The lowest BCUT2D eigenvalue weighted by molar-refractivity contribution is 0.446. The maximum Gasteiger partial charge on any atom is 0.244 e. The van der Waals surface area contributed by atoms with Crippen LogP contribution in [-0.4, -0.2) is 34.5 Å². The number of nitriles is 1. The van der Waals surface area contributed by atoms with E-state index in [-0.39, 0.29) is 11.4 Å². The molecular weight excluding hydrogens is 297 g/mol. The highest BCUT2D eigenvalue weighted by Crippen LogP contribution is 2.22. The lowest BCUT2D eigenvalue weighted by atomic mass is 10.2. The van der Waals surface area contributed by atoms with Crippen molar-refractivity contribution in [3.05, 3.63) is 41.7 Å². The van der Waals surface area contributed by atoms with Gasteiger partial charge in [0.05, 0.1) is 6.54 Å². The largest absolute Gasteiger partial charge is 0.252 e. The number of hydrogen-bond donors (Lipinski definition) is 0. The highest BCUT2D eigenvalue weighted by Gasteiger charge is 2.26. The van der Waals surface area contributed by atoms with Crippen LogP contribution in [0.15, 0.2) is 29.4 Å². The normalized spacial score (nSPS) is 11.6. The van der Waals surface area contributed by atoms with Crippen molar-refractivity contribution in [2.24, 2.45) is 7.05 Å². The van der Waals surface area contributed by atoms with E-state index < -0.39 is 21.4 Å². The topological polar surface area (TPSA) is 91.9 Å². The average Bonchev–Trinajstić information content (AvgIpc) is 2.84. The van der Waals surface area contributed by atoms with Crippen molar-refractivity contribution in [1.29, 1.82) is 5.26 Å². The van der Waals surface area contributed by atoms with Crippen LogP contribution in [0.4, 0.5) is 4.39 Å². The first-order valence-corrected chi connectivity index (χ1v) is 7.29. The molecule has 0 spiro atoms. The molecule has 0 saturated heterocycles. The van der Waals surface area contributed by atoms with E-state index in [0.29, 0.717) is 5.82 Å². The Balaban J connectivity index is 2.41. The molecule has 0 fully saturated rings. The summed E-state index contributed by atoms with van der Waals surface area (Å²) in [5.41, 5.74) is -0.498. The van der Waals surface area contributed by atoms with Crippen molar-refractivity contribution in [3.63, 3.8) is 0 Å². The Kier molecular flexibility index (Phi) is 4.02. The molecule has 0 unspecified atom stereocenters. The summed E-state index contributed by atoms with van der Waals surface area (Å²) in [4.78, 5) is 3.56. The molecule has 0 N–H and O–H groups in total. The Morgan fingerprint density at radius 3 is 2.76 bits per heavy atom. The van der Waals surface area contributed by atoms with Crippen molar-refractivity contribution in [3.8, 4) is 6.07 Å². The van der Waals surface area contributed by atoms with Crippen LogP contribution in [0.3, 0.4) is 0 Å². The van der Waals surface area contributed by atoms with E-state index in [1.807, 2.05) is 0 Å². The molecule has 0 aliphatic carbocycles. The fourth-order valence-corrected chi connectivity index (χ4v) is 3.02. The van der Waals surface area contributed by atoms with E-state index in [1.165, 1.54) is 30.2 Å². The second-order valence-electron chi connectivity index (χ2n) is 4.29. The summed E-state index contributed by atoms with van der Waals surface area (Å²) < 4.78 is 40.9. The van der Waals surface area contributed by atoms with Gasteiger partial charge in [-0.05, 0) is 12.1 Å². The minimum absolute atomic E-state index is 0.0415. The number of nitrogens with zero attached hydrogens (tertiary/aromatic N) is 5. The molecule has 0 aliphatic heterocycles. The molecule has 1 heterocycles. The molecule has 0 saturated carbocycles. The van der Waals surface area contributed by atoms with E-state index in [0.717, 1.165) is 10.4 Å². The van der Waals surface area contributed by atoms with Gasteiger partial charge in [0, 0.05) is 14.1 Å². The zero-order chi connectivity index (χ0) is 15.6. The summed E-state index contributed by atoms with van der Waals surface area (Å²) in [7, 11) is -1.05. The Labute approximate surface area is 121 Å². The van der Waals surface area contributed by atoms with Crippen LogP contribution in [0, 0.1) is 17.1 Å². The molecule has 0 atom stereocenters. The minimum Gasteiger partial charge on any atom is -0.252 e. The van der Waals surface area contributed by atoms with Crippen molar-refractivity contribution in [2.45, 2.75) is 11.4 Å². The Hall–Kier alpha value is -2.31. The molecule has 7 nitrogen and oxygen atoms in total. The zero-order valence-electron chi connectivity index (χ0n) is 11.4. The summed E-state index contributed by atoms with van der Waals surface area (Å²) in [5.74, 6) is -0.443. The third-order valence-electron chi connectivity index (χ3n) is 2.94. The molecule has 1 aromatic carbocycles. The van der Waals surface area contributed by atoms with Crippen molar-refractivity contribution in [1.82, 2.24) is 19.1 Å². The van der Waals surface area contributed by atoms with Gasteiger partial charge >= 0.3 is 0 Å². The smallest absolute Gasteiger partial charge is 0.244 e. The molecule has 2 rings (SSSR count). The highest BCUT2D eigenvalue weighted by atomic mass is 32.2. The maximum absolute atomic E-state index is 13.6. The van der Waals surface area contributed by atoms with Gasteiger partial charge in [-0.2, -0.15) is 14.7 Å². The first-order valence-electron chi connectivity index (χ1n) is 5.85. The van der Waals surface area contributed by atoms with Gasteiger partial charge < -0.3 is 0 Å². The summed E-state index contributed by atoms with van der Waals surface area (Å²) in [6.07, 6.45) is 1.30. The number of hydrogen-bond acceptors (Lipinski definition) is 5. The number of benzene rings is 1. The van der Waals surface area contributed by atoms with Crippen molar-refractivity contribution < 1.29 is 12.8 Å². The number of halogens is 1. The fraction of sp³-hybridized carbons (Fsp3) is 0.250. The van der Waals surface area contributed by atoms with Crippen molar-refractivity contribution in [2.75, 3.05) is 7.05 Å². The SMILES string of the molecule is CN(Cc1ncnn1C)S(=O)(=O)c1cccc(F)c1C#N. The van der Waals surface area contributed by atoms with Crippen LogP contribution < -0.4 is 0 Å². The van der Waals surface area contributed by atoms with Crippen LogP contribution >= 0.6 is 0 Å². The Morgan fingerprint density at radius 1 is 1.48 bits per heavy atom. The van der Waals surface area contributed by atoms with Gasteiger partial charge in [-0.25, -0.2) is 17.8 Å². The average molecular weight is 309 g/mol. The molecule has 0 aliphatic rings. The monoisotopic (exact) mass is 309 g/mol. The van der Waals surface area contributed by atoms with Gasteiger partial charge in [-0.15, -0.1) is 0 Å². The van der Waals surface area contributed by atoms with Gasteiger partial charge in [0.15, 0.2) is 0 Å². The first kappa shape index (κ1) is 15.1. The summed E-state index contributed by atoms with van der Waals surface area (Å²) >= 11 is 0. The second kappa shape index (κ2) is 5.59. The van der Waals surface area contributed by atoms with E-state index in [4.69, 9.17) is 5.26 Å². The van der Waals surface area contributed by atoms with Gasteiger partial charge in [-0.1, -0.05) is 6.07 Å². The maximum atomic E-state index is 13.6. The predicted molar refractivity (Wildman–Crippen MR) is 70.8 cm³/mol. The van der Waals surface area contributed by atoms with E-state index >= 15 is 0 Å². The molecule has 1 aromatic heterocycles. The standard InChI is InChI=1S/C12H12FN5O2S/c1-17(7-12-15-8-16-18(12)2)21(19,20)11-5-3-4-10(13)9(11)6-14/h3-5,8H,7H2,1-2H3. The predicted octanol–water partition coefficient (Wildman–Crippen LogP) is 0.647. The van der Waals surface area contributed by atoms with E-state index in [2.05, 4.69) is 10.1 Å². The van der Waals surface area contributed by atoms with Gasteiger partial charge in [0.1, 0.15) is 34.5 Å². The third-order valence-corrected chi connectivity index (χ3v) is 4.79. The van der Waals surface area contributed by atoms with Gasteiger partial charge in [-0.3, -0.25) is 4.68 Å². The summed E-state index contributed by atoms with van der Waals surface area (Å²) in [6.45, 7) is -0.0415. The summed E-state index contributed by atoms with van der Waals surface area (Å²) in [5, 5.41) is 12.8. The van der Waals surface area contributed by atoms with E-state index in [9.17, 15) is 12.8 Å². The van der Waals surface area contributed by atoms with Crippen LogP contribution in [0.1, 0.15) is 11.4 Å². The van der Waals surface area contributed by atoms with Crippen LogP contribution in [0.2, 0.25) is 0 Å². The van der Waals surface area contributed by atoms with Gasteiger partial charge in [0.25, 0.3) is 0 Å². The zero-order valence-corrected chi connectivity index (χ0v) is 12.2. The lowest BCUT2D eigenvalue weighted by Crippen LogP contribution is -2.28. The van der Waals surface area contributed by atoms with Gasteiger partial charge in [0.2, 0.25) is 10.0 Å². The first-order chi connectivity index (χ1) is 9.87. The van der Waals surface area contributed by atoms with Crippen LogP contribution in [0.5, 0.6) is 0 Å². The molecule has 21 heavy (non-hydrogen) atoms. The van der Waals surface area contributed by atoms with Crippen LogP contribution in [0.25, 0.3) is 0 Å². The number of sulfonamides is 1. The number of aryl methyl sites for hydroxylation is 1. The van der Waals surface area contributed by atoms with Crippen molar-refractivity contribution >= 4 is 10.0 Å². The minimum atomic E-state index is -4.01. The Morgan fingerprint density at radius 2 is 2.19 bits per heavy atom. The lowest BCUT2D eigenvalue weighted by Gasteiger charge is -2.17. The molecule has 0 radical (unpaired) electrons. The molecule has 0 bridgehead atoms.